The second kappa shape index (κ2) is 4.61. The molecule has 3 heteroatoms. The van der Waals surface area contributed by atoms with Gasteiger partial charge in [0.05, 0.1) is 5.52 Å². The second-order valence-electron chi connectivity index (χ2n) is 4.44. The minimum atomic E-state index is 0.0168. The number of fused-ring (bicyclic) bond motifs is 1. The molecule has 3 rings (SSSR count). The number of aromatic nitrogens is 2. The maximum Gasteiger partial charge on any atom is 0.161 e. The Morgan fingerprint density at radius 1 is 1.00 bits per heavy atom. The number of carbonyl (C=O) groups is 1. The number of rotatable bonds is 2. The monoisotopic (exact) mass is 248 g/mol. The van der Waals surface area contributed by atoms with Gasteiger partial charge in [-0.25, -0.2) is 0 Å². The summed E-state index contributed by atoms with van der Waals surface area (Å²) >= 11 is 0. The topological polar surface area (TPSA) is 42.9 Å². The number of hydrogen-bond acceptors (Lipinski definition) is 3. The highest BCUT2D eigenvalue weighted by Crippen LogP contribution is 2.22. The Labute approximate surface area is 111 Å². The average Bonchev–Trinajstić information content (AvgIpc) is 2.47. The fraction of sp³-hybridized carbons (Fsp3) is 0.0625. The SMILES string of the molecule is CC(=O)c1cncc(-c2cnc3ccccc3c2)c1. The van der Waals surface area contributed by atoms with Crippen LogP contribution in [0.15, 0.2) is 55.0 Å². The number of Topliss-reactive ketones (excluding diaryl/α,β-unsaturated/α-hetero) is 1. The molecule has 19 heavy (non-hydrogen) atoms. The van der Waals surface area contributed by atoms with Gasteiger partial charge in [0.1, 0.15) is 0 Å². The van der Waals surface area contributed by atoms with E-state index in [2.05, 4.69) is 16.0 Å². The predicted octanol–water partition coefficient (Wildman–Crippen LogP) is 3.50. The van der Waals surface area contributed by atoms with Gasteiger partial charge in [0.2, 0.25) is 0 Å². The van der Waals surface area contributed by atoms with E-state index < -0.39 is 0 Å². The third kappa shape index (κ3) is 2.22. The van der Waals surface area contributed by atoms with Crippen LogP contribution in [0.2, 0.25) is 0 Å². The molecule has 0 radical (unpaired) electrons. The van der Waals surface area contributed by atoms with Crippen molar-refractivity contribution in [1.82, 2.24) is 9.97 Å². The lowest BCUT2D eigenvalue weighted by Gasteiger charge is -2.04. The average molecular weight is 248 g/mol. The molecule has 0 bridgehead atoms. The fourth-order valence-corrected chi connectivity index (χ4v) is 2.02. The van der Waals surface area contributed by atoms with E-state index in [4.69, 9.17) is 0 Å². The van der Waals surface area contributed by atoms with Gasteiger partial charge >= 0.3 is 0 Å². The van der Waals surface area contributed by atoms with E-state index in [1.165, 1.54) is 0 Å². The van der Waals surface area contributed by atoms with Gasteiger partial charge in [0.15, 0.2) is 5.78 Å². The van der Waals surface area contributed by atoms with Crippen molar-refractivity contribution in [2.75, 3.05) is 0 Å². The number of ketones is 1. The van der Waals surface area contributed by atoms with Crippen molar-refractivity contribution >= 4 is 16.7 Å². The largest absolute Gasteiger partial charge is 0.294 e. The lowest BCUT2D eigenvalue weighted by molar-refractivity contribution is 0.101. The number of pyridine rings is 2. The maximum atomic E-state index is 11.4. The molecular weight excluding hydrogens is 236 g/mol. The Morgan fingerprint density at radius 3 is 2.63 bits per heavy atom. The first-order valence-corrected chi connectivity index (χ1v) is 6.05. The minimum absolute atomic E-state index is 0.0168. The van der Waals surface area contributed by atoms with Crippen LogP contribution in [0, 0.1) is 0 Å². The van der Waals surface area contributed by atoms with Crippen LogP contribution in [0.1, 0.15) is 17.3 Å². The zero-order valence-electron chi connectivity index (χ0n) is 10.5. The van der Waals surface area contributed by atoms with Crippen LogP contribution >= 0.6 is 0 Å². The summed E-state index contributed by atoms with van der Waals surface area (Å²) in [6.45, 7) is 1.54. The number of carbonyl (C=O) groups excluding carboxylic acids is 1. The molecule has 0 aliphatic carbocycles. The van der Waals surface area contributed by atoms with Crippen LogP contribution in [0.25, 0.3) is 22.0 Å². The summed E-state index contributed by atoms with van der Waals surface area (Å²) in [5.74, 6) is 0.0168. The molecule has 0 aliphatic heterocycles. The Hall–Kier alpha value is -2.55. The van der Waals surface area contributed by atoms with Gasteiger partial charge in [-0.2, -0.15) is 0 Å². The second-order valence-corrected chi connectivity index (χ2v) is 4.44. The van der Waals surface area contributed by atoms with E-state index in [1.807, 2.05) is 36.5 Å². The molecule has 0 N–H and O–H groups in total. The lowest BCUT2D eigenvalue weighted by Crippen LogP contribution is -1.94. The molecule has 0 amide bonds. The Balaban J connectivity index is 2.13. The van der Waals surface area contributed by atoms with E-state index in [-0.39, 0.29) is 5.78 Å². The summed E-state index contributed by atoms with van der Waals surface area (Å²) < 4.78 is 0. The van der Waals surface area contributed by atoms with E-state index in [1.54, 1.807) is 19.3 Å². The number of nitrogens with zero attached hydrogens (tertiary/aromatic N) is 2. The highest BCUT2D eigenvalue weighted by atomic mass is 16.1. The van der Waals surface area contributed by atoms with Gasteiger partial charge in [-0.3, -0.25) is 14.8 Å². The van der Waals surface area contributed by atoms with Crippen molar-refractivity contribution in [3.05, 3.63) is 60.6 Å². The lowest BCUT2D eigenvalue weighted by atomic mass is 10.0. The molecule has 2 heterocycles. The molecule has 0 spiro atoms. The van der Waals surface area contributed by atoms with Crippen LogP contribution < -0.4 is 0 Å². The summed E-state index contributed by atoms with van der Waals surface area (Å²) in [6, 6.07) is 11.9. The van der Waals surface area contributed by atoms with Crippen molar-refractivity contribution in [3.63, 3.8) is 0 Å². The molecule has 0 saturated carbocycles. The van der Waals surface area contributed by atoms with Crippen molar-refractivity contribution in [3.8, 4) is 11.1 Å². The normalized spacial score (nSPS) is 10.6. The van der Waals surface area contributed by atoms with Gasteiger partial charge in [-0.05, 0) is 25.1 Å². The predicted molar refractivity (Wildman–Crippen MR) is 75.0 cm³/mol. The molecule has 0 unspecified atom stereocenters. The molecular formula is C16H12N2O. The van der Waals surface area contributed by atoms with E-state index in [0.717, 1.165) is 22.0 Å². The summed E-state index contributed by atoms with van der Waals surface area (Å²) in [6.07, 6.45) is 5.14. The summed E-state index contributed by atoms with van der Waals surface area (Å²) in [5.41, 5.74) is 3.45. The van der Waals surface area contributed by atoms with Crippen LogP contribution in [0.5, 0.6) is 0 Å². The highest BCUT2D eigenvalue weighted by molar-refractivity contribution is 5.95. The Bertz CT molecular complexity index is 765. The minimum Gasteiger partial charge on any atom is -0.294 e. The molecule has 2 aromatic heterocycles. The Morgan fingerprint density at radius 2 is 1.79 bits per heavy atom. The fourth-order valence-electron chi connectivity index (χ4n) is 2.02. The Kier molecular flexibility index (Phi) is 2.80. The number of benzene rings is 1. The molecule has 92 valence electrons. The van der Waals surface area contributed by atoms with E-state index in [0.29, 0.717) is 5.56 Å². The van der Waals surface area contributed by atoms with Gasteiger partial charge < -0.3 is 0 Å². The molecule has 0 atom stereocenters. The van der Waals surface area contributed by atoms with Gasteiger partial charge in [-0.15, -0.1) is 0 Å². The van der Waals surface area contributed by atoms with Gasteiger partial charge in [-0.1, -0.05) is 18.2 Å². The zero-order valence-corrected chi connectivity index (χ0v) is 10.5. The molecule has 1 aromatic carbocycles. The molecule has 0 aliphatic rings. The van der Waals surface area contributed by atoms with Crippen molar-refractivity contribution in [2.24, 2.45) is 0 Å². The summed E-state index contributed by atoms with van der Waals surface area (Å²) in [7, 11) is 0. The third-order valence-corrected chi connectivity index (χ3v) is 3.07. The van der Waals surface area contributed by atoms with E-state index >= 15 is 0 Å². The van der Waals surface area contributed by atoms with Crippen molar-refractivity contribution < 1.29 is 4.79 Å². The van der Waals surface area contributed by atoms with Crippen molar-refractivity contribution in [2.45, 2.75) is 6.92 Å². The van der Waals surface area contributed by atoms with Crippen LogP contribution in [0.4, 0.5) is 0 Å². The first kappa shape index (κ1) is 11.5. The number of para-hydroxylation sites is 1. The van der Waals surface area contributed by atoms with Gasteiger partial charge in [0, 0.05) is 40.7 Å². The summed E-state index contributed by atoms with van der Waals surface area (Å²) in [4.78, 5) is 19.9. The van der Waals surface area contributed by atoms with Crippen LogP contribution in [-0.4, -0.2) is 15.8 Å². The molecule has 3 aromatic rings. The molecule has 3 nitrogen and oxygen atoms in total. The zero-order chi connectivity index (χ0) is 13.2. The smallest absolute Gasteiger partial charge is 0.161 e. The number of hydrogen-bond donors (Lipinski definition) is 0. The quantitative estimate of drug-likeness (QED) is 0.652. The first-order chi connectivity index (χ1) is 9.24. The standard InChI is InChI=1S/C16H12N2O/c1-11(19)13-7-14(9-17-8-13)15-6-12-4-2-3-5-16(12)18-10-15/h2-10H,1H3. The van der Waals surface area contributed by atoms with Crippen LogP contribution in [-0.2, 0) is 0 Å². The summed E-state index contributed by atoms with van der Waals surface area (Å²) in [5, 5.41) is 1.08. The van der Waals surface area contributed by atoms with E-state index in [9.17, 15) is 4.79 Å². The first-order valence-electron chi connectivity index (χ1n) is 6.05. The molecule has 0 fully saturated rings. The van der Waals surface area contributed by atoms with Crippen molar-refractivity contribution in [1.29, 1.82) is 0 Å². The van der Waals surface area contributed by atoms with Gasteiger partial charge in [0.25, 0.3) is 0 Å². The third-order valence-electron chi connectivity index (χ3n) is 3.07. The molecule has 0 saturated heterocycles. The van der Waals surface area contributed by atoms with Crippen LogP contribution in [0.3, 0.4) is 0 Å². The maximum absolute atomic E-state index is 11.4. The highest BCUT2D eigenvalue weighted by Gasteiger charge is 2.05.